The lowest BCUT2D eigenvalue weighted by molar-refractivity contribution is -0.116. The van der Waals surface area contributed by atoms with Crippen molar-refractivity contribution in [2.45, 2.75) is 33.7 Å². The number of fused-ring (bicyclic) bond motifs is 1. The Kier molecular flexibility index (Phi) is 5.89. The number of aryl methyl sites for hydroxylation is 2. The van der Waals surface area contributed by atoms with Gasteiger partial charge in [0.2, 0.25) is 5.91 Å². The van der Waals surface area contributed by atoms with Gasteiger partial charge in [-0.05, 0) is 38.0 Å². The van der Waals surface area contributed by atoms with E-state index in [4.69, 9.17) is 4.74 Å². The third-order valence-electron chi connectivity index (χ3n) is 4.25. The van der Waals surface area contributed by atoms with Crippen LogP contribution in [-0.4, -0.2) is 28.0 Å². The number of amides is 1. The largest absolute Gasteiger partial charge is 0.462 e. The van der Waals surface area contributed by atoms with E-state index in [9.17, 15) is 14.4 Å². The van der Waals surface area contributed by atoms with Crippen LogP contribution in [0.25, 0.3) is 10.9 Å². The molecule has 3 rings (SSSR count). The molecule has 0 bridgehead atoms. The minimum atomic E-state index is -0.478. The Bertz CT molecular complexity index is 1100. The summed E-state index contributed by atoms with van der Waals surface area (Å²) < 4.78 is 6.32. The highest BCUT2D eigenvalue weighted by atomic mass is 32.1. The van der Waals surface area contributed by atoms with Gasteiger partial charge in [0.05, 0.1) is 29.4 Å². The van der Waals surface area contributed by atoms with Gasteiger partial charge >= 0.3 is 5.97 Å². The van der Waals surface area contributed by atoms with Crippen molar-refractivity contribution in [3.8, 4) is 0 Å². The van der Waals surface area contributed by atoms with E-state index in [0.29, 0.717) is 21.5 Å². The minimum Gasteiger partial charge on any atom is -0.462 e. The lowest BCUT2D eigenvalue weighted by Crippen LogP contribution is -2.28. The van der Waals surface area contributed by atoms with Gasteiger partial charge < -0.3 is 10.1 Å². The van der Waals surface area contributed by atoms with Crippen LogP contribution >= 0.6 is 11.3 Å². The highest BCUT2D eigenvalue weighted by Gasteiger charge is 2.19. The van der Waals surface area contributed by atoms with E-state index in [2.05, 4.69) is 10.3 Å². The molecule has 8 heteroatoms. The average molecular weight is 399 g/mol. The molecule has 0 aliphatic carbocycles. The van der Waals surface area contributed by atoms with Crippen LogP contribution < -0.4 is 10.9 Å². The second-order valence-corrected chi connectivity index (χ2v) is 7.36. The molecule has 1 aromatic carbocycles. The van der Waals surface area contributed by atoms with Crippen molar-refractivity contribution in [2.75, 3.05) is 11.9 Å². The maximum absolute atomic E-state index is 12.7. The van der Waals surface area contributed by atoms with Crippen LogP contribution in [0.1, 0.15) is 34.6 Å². The summed E-state index contributed by atoms with van der Waals surface area (Å²) in [5.41, 5.74) is 1.57. The number of hydrogen-bond acceptors (Lipinski definition) is 6. The second-order valence-electron chi connectivity index (χ2n) is 6.23. The number of carbonyl (C=O) groups excluding carboxylic acids is 2. The Morgan fingerprint density at radius 3 is 2.79 bits per heavy atom. The summed E-state index contributed by atoms with van der Waals surface area (Å²) in [7, 11) is 0. The molecule has 0 fully saturated rings. The number of nitrogens with zero attached hydrogens (tertiary/aromatic N) is 2. The molecule has 0 unspecified atom stereocenters. The van der Waals surface area contributed by atoms with Gasteiger partial charge in [-0.3, -0.25) is 14.2 Å². The smallest absolute Gasteiger partial charge is 0.341 e. The molecule has 0 atom stereocenters. The van der Waals surface area contributed by atoms with Crippen LogP contribution in [0.2, 0.25) is 0 Å². The highest BCUT2D eigenvalue weighted by molar-refractivity contribution is 7.16. The summed E-state index contributed by atoms with van der Waals surface area (Å²) in [6, 6.07) is 7.09. The monoisotopic (exact) mass is 399 g/mol. The van der Waals surface area contributed by atoms with E-state index in [0.717, 1.165) is 16.9 Å². The molecular weight excluding hydrogens is 378 g/mol. The first-order valence-electron chi connectivity index (χ1n) is 8.99. The summed E-state index contributed by atoms with van der Waals surface area (Å²) in [6.07, 6.45) is 2.11. The Morgan fingerprint density at radius 1 is 1.29 bits per heavy atom. The predicted molar refractivity (Wildman–Crippen MR) is 109 cm³/mol. The number of rotatable bonds is 6. The van der Waals surface area contributed by atoms with Crippen LogP contribution in [-0.2, 0) is 22.5 Å². The molecule has 1 amide bonds. The van der Waals surface area contributed by atoms with Crippen LogP contribution in [0, 0.1) is 6.92 Å². The molecule has 7 nitrogen and oxygen atoms in total. The molecular formula is C20H21N3O4S. The fraction of sp³-hybridized carbons (Fsp3) is 0.300. The summed E-state index contributed by atoms with van der Waals surface area (Å²) >= 11 is 1.33. The van der Waals surface area contributed by atoms with Crippen molar-refractivity contribution < 1.29 is 14.3 Å². The summed E-state index contributed by atoms with van der Waals surface area (Å²) in [5.74, 6) is -0.889. The number of thiophene rings is 1. The molecule has 0 aliphatic rings. The lowest BCUT2D eigenvalue weighted by Gasteiger charge is -2.09. The molecule has 0 spiro atoms. The number of carbonyl (C=O) groups is 2. The fourth-order valence-corrected chi connectivity index (χ4v) is 3.84. The number of hydrogen-bond donors (Lipinski definition) is 1. The van der Waals surface area contributed by atoms with Gasteiger partial charge in [-0.25, -0.2) is 9.78 Å². The van der Waals surface area contributed by atoms with Gasteiger partial charge in [0.15, 0.2) is 0 Å². The van der Waals surface area contributed by atoms with E-state index in [1.165, 1.54) is 22.2 Å². The minimum absolute atomic E-state index is 0.197. The highest BCUT2D eigenvalue weighted by Crippen LogP contribution is 2.29. The maximum Gasteiger partial charge on any atom is 0.341 e. The van der Waals surface area contributed by atoms with Gasteiger partial charge in [0.25, 0.3) is 5.56 Å². The maximum atomic E-state index is 12.7. The number of nitrogens with one attached hydrogen (secondary N) is 1. The molecule has 0 radical (unpaired) electrons. The quantitative estimate of drug-likeness (QED) is 0.643. The van der Waals surface area contributed by atoms with E-state index < -0.39 is 11.9 Å². The van der Waals surface area contributed by atoms with Crippen molar-refractivity contribution in [3.63, 3.8) is 0 Å². The van der Waals surface area contributed by atoms with Crippen molar-refractivity contribution in [3.05, 3.63) is 57.0 Å². The zero-order chi connectivity index (χ0) is 20.3. The molecule has 1 N–H and O–H groups in total. The van der Waals surface area contributed by atoms with Crippen LogP contribution in [0.15, 0.2) is 35.4 Å². The first-order chi connectivity index (χ1) is 13.4. The van der Waals surface area contributed by atoms with Crippen molar-refractivity contribution in [1.82, 2.24) is 9.55 Å². The van der Waals surface area contributed by atoms with Crippen LogP contribution in [0.3, 0.4) is 0 Å². The van der Waals surface area contributed by atoms with Crippen molar-refractivity contribution >= 4 is 39.1 Å². The van der Waals surface area contributed by atoms with E-state index in [1.807, 2.05) is 19.9 Å². The van der Waals surface area contributed by atoms with Gasteiger partial charge in [-0.2, -0.15) is 0 Å². The first-order valence-corrected chi connectivity index (χ1v) is 9.80. The molecule has 3 aromatic rings. The molecule has 0 aliphatic heterocycles. The van der Waals surface area contributed by atoms with Crippen molar-refractivity contribution in [2.24, 2.45) is 0 Å². The molecule has 2 aromatic heterocycles. The van der Waals surface area contributed by atoms with Gasteiger partial charge in [-0.15, -0.1) is 11.3 Å². The zero-order valence-corrected chi connectivity index (χ0v) is 16.8. The molecule has 2 heterocycles. The van der Waals surface area contributed by atoms with Gasteiger partial charge in [-0.1, -0.05) is 19.1 Å². The van der Waals surface area contributed by atoms with Crippen molar-refractivity contribution in [1.29, 1.82) is 0 Å². The lowest BCUT2D eigenvalue weighted by atomic mass is 10.1. The Hall–Kier alpha value is -3.00. The molecule has 0 saturated carbocycles. The van der Waals surface area contributed by atoms with Gasteiger partial charge in [0.1, 0.15) is 11.5 Å². The summed E-state index contributed by atoms with van der Waals surface area (Å²) in [6.45, 7) is 5.63. The van der Waals surface area contributed by atoms with E-state index in [-0.39, 0.29) is 18.7 Å². The number of aromatic nitrogens is 2. The topological polar surface area (TPSA) is 90.3 Å². The standard InChI is InChI=1S/C20H21N3O4S/c1-4-13-9-15(20(26)27-5-2)18(28-13)22-16(24)10-23-11-21-17-12(3)7-6-8-14(17)19(23)25/h6-9,11H,4-5,10H2,1-3H3,(H,22,24). The fourth-order valence-electron chi connectivity index (χ4n) is 2.84. The third kappa shape index (κ3) is 3.96. The van der Waals surface area contributed by atoms with E-state index in [1.54, 1.807) is 25.1 Å². The molecule has 0 saturated heterocycles. The summed E-state index contributed by atoms with van der Waals surface area (Å²) in [4.78, 5) is 42.6. The Balaban J connectivity index is 1.84. The number of para-hydroxylation sites is 1. The molecule has 146 valence electrons. The van der Waals surface area contributed by atoms with Crippen LogP contribution in [0.4, 0.5) is 5.00 Å². The second kappa shape index (κ2) is 8.35. The summed E-state index contributed by atoms with van der Waals surface area (Å²) in [5, 5.41) is 3.62. The third-order valence-corrected chi connectivity index (χ3v) is 5.44. The first kappa shape index (κ1) is 19.8. The SMILES string of the molecule is CCOC(=O)c1cc(CC)sc1NC(=O)Cn1cnc2c(C)cccc2c1=O. The van der Waals surface area contributed by atoms with Crippen LogP contribution in [0.5, 0.6) is 0 Å². The average Bonchev–Trinajstić information content (AvgIpc) is 3.07. The molecule has 28 heavy (non-hydrogen) atoms. The normalized spacial score (nSPS) is 10.8. The number of benzene rings is 1. The predicted octanol–water partition coefficient (Wildman–Crippen LogP) is 3.14. The van der Waals surface area contributed by atoms with Gasteiger partial charge in [0, 0.05) is 4.88 Å². The number of esters is 1. The van der Waals surface area contributed by atoms with E-state index >= 15 is 0 Å². The number of anilines is 1. The Morgan fingerprint density at radius 2 is 2.07 bits per heavy atom. The number of ether oxygens (including phenoxy) is 1. The Labute approximate surface area is 166 Å². The zero-order valence-electron chi connectivity index (χ0n) is 15.9.